The van der Waals surface area contributed by atoms with E-state index in [0.29, 0.717) is 6.04 Å². The summed E-state index contributed by atoms with van der Waals surface area (Å²) in [5.74, 6) is 2.24. The number of furan rings is 1. The summed E-state index contributed by atoms with van der Waals surface area (Å²) >= 11 is 1.88. The van der Waals surface area contributed by atoms with Crippen LogP contribution >= 0.6 is 11.8 Å². The highest BCUT2D eigenvalue weighted by molar-refractivity contribution is 7.98. The Morgan fingerprint density at radius 3 is 2.76 bits per heavy atom. The molecular formula is C17H26N2OS. The molecule has 116 valence electrons. The molecule has 4 heteroatoms. The first-order valence-electron chi connectivity index (χ1n) is 7.52. The maximum atomic E-state index is 6.09. The first-order valence-corrected chi connectivity index (χ1v) is 8.91. The van der Waals surface area contributed by atoms with E-state index in [4.69, 9.17) is 4.42 Å². The second-order valence-electron chi connectivity index (χ2n) is 5.77. The van der Waals surface area contributed by atoms with Gasteiger partial charge in [0.1, 0.15) is 11.3 Å². The molecule has 3 nitrogen and oxygen atoms in total. The van der Waals surface area contributed by atoms with Gasteiger partial charge in [-0.3, -0.25) is 4.90 Å². The minimum absolute atomic E-state index is 0.473. The van der Waals surface area contributed by atoms with Crippen LogP contribution in [-0.4, -0.2) is 36.5 Å². The molecule has 0 unspecified atom stereocenters. The summed E-state index contributed by atoms with van der Waals surface area (Å²) in [6, 6.07) is 8.80. The van der Waals surface area contributed by atoms with E-state index in [-0.39, 0.29) is 0 Å². The van der Waals surface area contributed by atoms with Crippen molar-refractivity contribution in [1.82, 2.24) is 10.2 Å². The lowest BCUT2D eigenvalue weighted by Gasteiger charge is -2.16. The van der Waals surface area contributed by atoms with Gasteiger partial charge in [0, 0.05) is 35.8 Å². The fourth-order valence-electron chi connectivity index (χ4n) is 2.35. The van der Waals surface area contributed by atoms with Gasteiger partial charge >= 0.3 is 0 Å². The molecule has 0 radical (unpaired) electrons. The summed E-state index contributed by atoms with van der Waals surface area (Å²) in [6.07, 6.45) is 2.15. The summed E-state index contributed by atoms with van der Waals surface area (Å²) < 4.78 is 6.09. The van der Waals surface area contributed by atoms with Crippen molar-refractivity contribution in [3.63, 3.8) is 0 Å². The molecule has 0 atom stereocenters. The molecule has 2 aromatic rings. The third-order valence-electron chi connectivity index (χ3n) is 3.56. The number of benzene rings is 1. The lowest BCUT2D eigenvalue weighted by molar-refractivity contribution is 0.314. The molecule has 0 bridgehead atoms. The third kappa shape index (κ3) is 4.50. The Hall–Kier alpha value is -0.970. The van der Waals surface area contributed by atoms with Crippen molar-refractivity contribution in [2.75, 3.05) is 25.6 Å². The normalized spacial score (nSPS) is 11.9. The second kappa shape index (κ2) is 7.87. The van der Waals surface area contributed by atoms with Crippen LogP contribution in [0.3, 0.4) is 0 Å². The molecule has 2 rings (SSSR count). The Morgan fingerprint density at radius 2 is 2.05 bits per heavy atom. The number of fused-ring (bicyclic) bond motifs is 1. The van der Waals surface area contributed by atoms with Crippen LogP contribution in [0.4, 0.5) is 0 Å². The average molecular weight is 306 g/mol. The van der Waals surface area contributed by atoms with E-state index >= 15 is 0 Å². The van der Waals surface area contributed by atoms with E-state index in [0.717, 1.165) is 36.7 Å². The highest BCUT2D eigenvalue weighted by Crippen LogP contribution is 2.26. The number of rotatable bonds is 8. The van der Waals surface area contributed by atoms with E-state index in [2.05, 4.69) is 55.6 Å². The van der Waals surface area contributed by atoms with Crippen LogP contribution < -0.4 is 5.32 Å². The van der Waals surface area contributed by atoms with Crippen LogP contribution in [0.2, 0.25) is 0 Å². The van der Waals surface area contributed by atoms with Gasteiger partial charge in [0.15, 0.2) is 0 Å². The van der Waals surface area contributed by atoms with E-state index < -0.39 is 0 Å². The molecule has 0 saturated carbocycles. The Kier molecular flexibility index (Phi) is 6.15. The van der Waals surface area contributed by atoms with E-state index in [1.54, 1.807) is 0 Å². The predicted molar refractivity (Wildman–Crippen MR) is 92.9 cm³/mol. The first kappa shape index (κ1) is 16.4. The lowest BCUT2D eigenvalue weighted by atomic mass is 10.1. The molecule has 1 aromatic heterocycles. The van der Waals surface area contributed by atoms with Gasteiger partial charge in [-0.15, -0.1) is 0 Å². The number of thioether (sulfide) groups is 1. The second-order valence-corrected chi connectivity index (χ2v) is 6.75. The Balaban J connectivity index is 2.21. The molecule has 1 N–H and O–H groups in total. The van der Waals surface area contributed by atoms with Crippen molar-refractivity contribution in [3.8, 4) is 0 Å². The summed E-state index contributed by atoms with van der Waals surface area (Å²) in [6.45, 7) is 7.15. The smallest absolute Gasteiger partial charge is 0.134 e. The predicted octanol–water partition coefficient (Wildman–Crippen LogP) is 3.73. The van der Waals surface area contributed by atoms with Gasteiger partial charge in [-0.05, 0) is 19.4 Å². The number of nitrogens with one attached hydrogen (secondary N) is 1. The summed E-state index contributed by atoms with van der Waals surface area (Å²) in [7, 11) is 2.16. The van der Waals surface area contributed by atoms with Crippen LogP contribution in [0.5, 0.6) is 0 Å². The summed E-state index contributed by atoms with van der Waals surface area (Å²) in [5.41, 5.74) is 2.29. The van der Waals surface area contributed by atoms with Crippen molar-refractivity contribution in [2.45, 2.75) is 33.0 Å². The lowest BCUT2D eigenvalue weighted by Crippen LogP contribution is -2.24. The van der Waals surface area contributed by atoms with E-state index in [1.807, 2.05) is 17.8 Å². The number of nitrogens with zero attached hydrogens (tertiary/aromatic N) is 1. The van der Waals surface area contributed by atoms with Crippen LogP contribution in [-0.2, 0) is 13.1 Å². The first-order chi connectivity index (χ1) is 10.1. The topological polar surface area (TPSA) is 28.4 Å². The Labute approximate surface area is 132 Å². The molecule has 0 aliphatic rings. The average Bonchev–Trinajstić information content (AvgIpc) is 2.80. The zero-order valence-corrected chi connectivity index (χ0v) is 14.3. The largest absolute Gasteiger partial charge is 0.459 e. The fraction of sp³-hybridized carbons (Fsp3) is 0.529. The molecule has 0 amide bonds. The fourth-order valence-corrected chi connectivity index (χ4v) is 2.84. The molecule has 0 aliphatic heterocycles. The van der Waals surface area contributed by atoms with Crippen molar-refractivity contribution in [2.24, 2.45) is 0 Å². The minimum atomic E-state index is 0.473. The number of hydrogen-bond donors (Lipinski definition) is 1. The quantitative estimate of drug-likeness (QED) is 0.804. The maximum absolute atomic E-state index is 6.09. The summed E-state index contributed by atoms with van der Waals surface area (Å²) in [5, 5.41) is 4.75. The number of para-hydroxylation sites is 1. The SMILES string of the molecule is CSCCN(C)Cc1oc2ccccc2c1CNC(C)C. The maximum Gasteiger partial charge on any atom is 0.134 e. The van der Waals surface area contributed by atoms with Crippen LogP contribution in [0.1, 0.15) is 25.2 Å². The van der Waals surface area contributed by atoms with Crippen LogP contribution in [0.15, 0.2) is 28.7 Å². The molecular weight excluding hydrogens is 280 g/mol. The van der Waals surface area contributed by atoms with Crippen LogP contribution in [0.25, 0.3) is 11.0 Å². The standard InChI is InChI=1S/C17H26N2OS/c1-13(2)18-11-15-14-7-5-6-8-16(14)20-17(15)12-19(3)9-10-21-4/h5-8,13,18H,9-12H2,1-4H3. The van der Waals surface area contributed by atoms with E-state index in [1.165, 1.54) is 10.9 Å². The molecule has 21 heavy (non-hydrogen) atoms. The highest BCUT2D eigenvalue weighted by Gasteiger charge is 2.15. The van der Waals surface area contributed by atoms with Crippen molar-refractivity contribution < 1.29 is 4.42 Å². The van der Waals surface area contributed by atoms with Gasteiger partial charge < -0.3 is 9.73 Å². The van der Waals surface area contributed by atoms with Gasteiger partial charge in [0.05, 0.1) is 6.54 Å². The van der Waals surface area contributed by atoms with Gasteiger partial charge in [-0.1, -0.05) is 32.0 Å². The van der Waals surface area contributed by atoms with Crippen LogP contribution in [0, 0.1) is 0 Å². The Bertz CT molecular complexity index is 565. The van der Waals surface area contributed by atoms with Crippen molar-refractivity contribution in [3.05, 3.63) is 35.6 Å². The molecule has 0 aliphatic carbocycles. The highest BCUT2D eigenvalue weighted by atomic mass is 32.2. The van der Waals surface area contributed by atoms with Gasteiger partial charge in [0.2, 0.25) is 0 Å². The summed E-state index contributed by atoms with van der Waals surface area (Å²) in [4.78, 5) is 2.33. The molecule has 1 heterocycles. The number of hydrogen-bond acceptors (Lipinski definition) is 4. The van der Waals surface area contributed by atoms with E-state index in [9.17, 15) is 0 Å². The molecule has 0 fully saturated rings. The Morgan fingerprint density at radius 1 is 1.29 bits per heavy atom. The molecule has 0 saturated heterocycles. The zero-order valence-electron chi connectivity index (χ0n) is 13.5. The minimum Gasteiger partial charge on any atom is -0.459 e. The van der Waals surface area contributed by atoms with Gasteiger partial charge in [-0.25, -0.2) is 0 Å². The monoisotopic (exact) mass is 306 g/mol. The van der Waals surface area contributed by atoms with Gasteiger partial charge in [0.25, 0.3) is 0 Å². The zero-order chi connectivity index (χ0) is 15.2. The third-order valence-corrected chi connectivity index (χ3v) is 4.15. The molecule has 0 spiro atoms. The molecule has 1 aromatic carbocycles. The van der Waals surface area contributed by atoms with Gasteiger partial charge in [-0.2, -0.15) is 11.8 Å². The van der Waals surface area contributed by atoms with Crippen molar-refractivity contribution >= 4 is 22.7 Å². The van der Waals surface area contributed by atoms with Crippen molar-refractivity contribution in [1.29, 1.82) is 0 Å².